The van der Waals surface area contributed by atoms with Gasteiger partial charge in [-0.1, -0.05) is 18.2 Å². The molecule has 1 saturated heterocycles. The lowest BCUT2D eigenvalue weighted by Gasteiger charge is -2.33. The molecule has 2 nitrogen and oxygen atoms in total. The van der Waals surface area contributed by atoms with Gasteiger partial charge in [0.15, 0.2) is 0 Å². The predicted molar refractivity (Wildman–Crippen MR) is 55.6 cm³/mol. The van der Waals surface area contributed by atoms with E-state index in [9.17, 15) is 0 Å². The maximum atomic E-state index is 6.07. The molecule has 14 heavy (non-hydrogen) atoms. The molecule has 0 radical (unpaired) electrons. The van der Waals surface area contributed by atoms with Crippen molar-refractivity contribution < 1.29 is 4.74 Å². The Bertz CT molecular complexity index is 315. The van der Waals surface area contributed by atoms with Crippen molar-refractivity contribution in [1.82, 2.24) is 5.32 Å². The Morgan fingerprint density at radius 2 is 2.21 bits per heavy atom. The third-order valence-electron chi connectivity index (χ3n) is 3.24. The van der Waals surface area contributed by atoms with E-state index in [1.54, 1.807) is 0 Å². The number of para-hydroxylation sites is 1. The summed E-state index contributed by atoms with van der Waals surface area (Å²) in [6.45, 7) is 2.14. The normalized spacial score (nSPS) is 30.0. The fourth-order valence-corrected chi connectivity index (χ4v) is 2.54. The topological polar surface area (TPSA) is 21.3 Å². The van der Waals surface area contributed by atoms with Gasteiger partial charge in [-0.15, -0.1) is 0 Å². The Kier molecular flexibility index (Phi) is 1.77. The first-order valence-corrected chi connectivity index (χ1v) is 5.36. The Morgan fingerprint density at radius 3 is 3.00 bits per heavy atom. The van der Waals surface area contributed by atoms with Gasteiger partial charge >= 0.3 is 0 Å². The standard InChI is InChI=1S/C12H15NO/c1-2-5-11-10(4-1)8-12(14-11)6-3-7-13-9-12/h1-2,4-5,13H,3,6-9H2/t12-/m0/s1. The van der Waals surface area contributed by atoms with Crippen LogP contribution in [-0.4, -0.2) is 18.7 Å². The summed E-state index contributed by atoms with van der Waals surface area (Å²) < 4.78 is 6.07. The quantitative estimate of drug-likeness (QED) is 0.671. The summed E-state index contributed by atoms with van der Waals surface area (Å²) in [4.78, 5) is 0. The van der Waals surface area contributed by atoms with Gasteiger partial charge in [0, 0.05) is 13.0 Å². The van der Waals surface area contributed by atoms with Crippen molar-refractivity contribution in [1.29, 1.82) is 0 Å². The second-order valence-electron chi connectivity index (χ2n) is 4.35. The summed E-state index contributed by atoms with van der Waals surface area (Å²) in [5.74, 6) is 1.09. The fourth-order valence-electron chi connectivity index (χ4n) is 2.54. The van der Waals surface area contributed by atoms with Gasteiger partial charge in [0.05, 0.1) is 0 Å². The number of benzene rings is 1. The van der Waals surface area contributed by atoms with Crippen molar-refractivity contribution in [2.24, 2.45) is 0 Å². The van der Waals surface area contributed by atoms with E-state index in [0.29, 0.717) is 0 Å². The first kappa shape index (κ1) is 8.30. The lowest BCUT2D eigenvalue weighted by atomic mass is 9.89. The molecule has 0 saturated carbocycles. The van der Waals surface area contributed by atoms with Gasteiger partial charge < -0.3 is 10.1 Å². The highest BCUT2D eigenvalue weighted by Crippen LogP contribution is 2.38. The molecule has 0 aliphatic carbocycles. The zero-order valence-electron chi connectivity index (χ0n) is 8.25. The average Bonchev–Trinajstić information content (AvgIpc) is 2.56. The van der Waals surface area contributed by atoms with Crippen LogP contribution in [0.2, 0.25) is 0 Å². The zero-order valence-corrected chi connectivity index (χ0v) is 8.25. The molecule has 74 valence electrons. The van der Waals surface area contributed by atoms with Gasteiger partial charge in [0.25, 0.3) is 0 Å². The van der Waals surface area contributed by atoms with E-state index in [4.69, 9.17) is 4.74 Å². The van der Waals surface area contributed by atoms with Crippen molar-refractivity contribution in [2.45, 2.75) is 24.9 Å². The number of hydrogen-bond donors (Lipinski definition) is 1. The van der Waals surface area contributed by atoms with Gasteiger partial charge in [-0.2, -0.15) is 0 Å². The van der Waals surface area contributed by atoms with Crippen molar-refractivity contribution >= 4 is 0 Å². The minimum absolute atomic E-state index is 0.0714. The summed E-state index contributed by atoms with van der Waals surface area (Å²) in [5, 5.41) is 3.43. The second kappa shape index (κ2) is 2.99. The number of rotatable bonds is 0. The Labute approximate surface area is 84.3 Å². The van der Waals surface area contributed by atoms with Crippen molar-refractivity contribution in [3.63, 3.8) is 0 Å². The molecular formula is C12H15NO. The van der Waals surface area contributed by atoms with Crippen LogP contribution >= 0.6 is 0 Å². The summed E-state index contributed by atoms with van der Waals surface area (Å²) in [7, 11) is 0. The average molecular weight is 189 g/mol. The monoisotopic (exact) mass is 189 g/mol. The molecule has 2 aliphatic heterocycles. The summed E-state index contributed by atoms with van der Waals surface area (Å²) >= 11 is 0. The van der Waals surface area contributed by atoms with Crippen molar-refractivity contribution in [2.75, 3.05) is 13.1 Å². The maximum Gasteiger partial charge on any atom is 0.126 e. The minimum Gasteiger partial charge on any atom is -0.485 e. The first-order valence-electron chi connectivity index (χ1n) is 5.36. The Morgan fingerprint density at radius 1 is 1.29 bits per heavy atom. The van der Waals surface area contributed by atoms with Gasteiger partial charge in [-0.05, 0) is 31.0 Å². The highest BCUT2D eigenvalue weighted by atomic mass is 16.5. The van der Waals surface area contributed by atoms with E-state index in [2.05, 4.69) is 23.5 Å². The van der Waals surface area contributed by atoms with Crippen molar-refractivity contribution in [3.8, 4) is 5.75 Å². The molecule has 2 aliphatic rings. The molecule has 0 amide bonds. The van der Waals surface area contributed by atoms with E-state index in [1.807, 2.05) is 6.07 Å². The van der Waals surface area contributed by atoms with E-state index < -0.39 is 0 Å². The molecule has 2 heterocycles. The van der Waals surface area contributed by atoms with Crippen LogP contribution in [0.5, 0.6) is 5.75 Å². The third kappa shape index (κ3) is 1.22. The van der Waals surface area contributed by atoms with E-state index in [-0.39, 0.29) is 5.60 Å². The van der Waals surface area contributed by atoms with Gasteiger partial charge in [-0.3, -0.25) is 0 Å². The summed E-state index contributed by atoms with van der Waals surface area (Å²) in [5.41, 5.74) is 1.44. The Hall–Kier alpha value is -1.02. The maximum absolute atomic E-state index is 6.07. The molecule has 1 spiro atoms. The van der Waals surface area contributed by atoms with Gasteiger partial charge in [-0.25, -0.2) is 0 Å². The number of nitrogens with one attached hydrogen (secondary N) is 1. The van der Waals surface area contributed by atoms with E-state index >= 15 is 0 Å². The van der Waals surface area contributed by atoms with Crippen molar-refractivity contribution in [3.05, 3.63) is 29.8 Å². The van der Waals surface area contributed by atoms with Crippen LogP contribution in [-0.2, 0) is 6.42 Å². The molecule has 0 bridgehead atoms. The van der Waals surface area contributed by atoms with Crippen LogP contribution < -0.4 is 10.1 Å². The largest absolute Gasteiger partial charge is 0.485 e. The first-order chi connectivity index (χ1) is 6.88. The minimum atomic E-state index is 0.0714. The molecule has 1 atom stereocenters. The van der Waals surface area contributed by atoms with Crippen LogP contribution in [0, 0.1) is 0 Å². The molecule has 0 unspecified atom stereocenters. The van der Waals surface area contributed by atoms with Crippen LogP contribution in [0.4, 0.5) is 0 Å². The lowest BCUT2D eigenvalue weighted by Crippen LogP contribution is -2.49. The van der Waals surface area contributed by atoms with E-state index in [1.165, 1.54) is 18.4 Å². The smallest absolute Gasteiger partial charge is 0.126 e. The summed E-state index contributed by atoms with van der Waals surface area (Å²) in [6, 6.07) is 8.41. The molecule has 1 aromatic carbocycles. The molecule has 0 aromatic heterocycles. The second-order valence-corrected chi connectivity index (χ2v) is 4.35. The Balaban J connectivity index is 1.89. The molecule has 1 N–H and O–H groups in total. The van der Waals surface area contributed by atoms with Gasteiger partial charge in [0.2, 0.25) is 0 Å². The molecule has 1 aromatic rings. The SMILES string of the molecule is c1ccc2c(c1)C[C@]1(CCCNC1)O2. The number of ether oxygens (including phenoxy) is 1. The number of piperidine rings is 1. The highest BCUT2D eigenvalue weighted by Gasteiger charge is 2.39. The predicted octanol–water partition coefficient (Wildman–Crippen LogP) is 1.74. The lowest BCUT2D eigenvalue weighted by molar-refractivity contribution is 0.0660. The molecule has 1 fully saturated rings. The van der Waals surface area contributed by atoms with Crippen LogP contribution in [0.1, 0.15) is 18.4 Å². The third-order valence-corrected chi connectivity index (χ3v) is 3.24. The summed E-state index contributed by atoms with van der Waals surface area (Å²) in [6.07, 6.45) is 3.50. The molecule has 3 rings (SSSR count). The zero-order chi connectivity index (χ0) is 9.43. The van der Waals surface area contributed by atoms with Crippen LogP contribution in [0.3, 0.4) is 0 Å². The molecule has 2 heteroatoms. The van der Waals surface area contributed by atoms with Crippen LogP contribution in [0.15, 0.2) is 24.3 Å². The van der Waals surface area contributed by atoms with Gasteiger partial charge in [0.1, 0.15) is 11.4 Å². The van der Waals surface area contributed by atoms with E-state index in [0.717, 1.165) is 25.3 Å². The number of hydrogen-bond acceptors (Lipinski definition) is 2. The number of fused-ring (bicyclic) bond motifs is 1. The molecular weight excluding hydrogens is 174 g/mol. The van der Waals surface area contributed by atoms with Crippen LogP contribution in [0.25, 0.3) is 0 Å². The highest BCUT2D eigenvalue weighted by molar-refractivity contribution is 5.39. The fraction of sp³-hybridized carbons (Fsp3) is 0.500.